The van der Waals surface area contributed by atoms with Gasteiger partial charge in [0.15, 0.2) is 0 Å². The van der Waals surface area contributed by atoms with E-state index >= 15 is 0 Å². The van der Waals surface area contributed by atoms with Gasteiger partial charge in [0.2, 0.25) is 15.9 Å². The van der Waals surface area contributed by atoms with Gasteiger partial charge < -0.3 is 4.90 Å². The number of carbonyl (C=O) groups is 1. The summed E-state index contributed by atoms with van der Waals surface area (Å²) in [6.45, 7) is 4.00. The predicted octanol–water partition coefficient (Wildman–Crippen LogP) is 3.26. The zero-order chi connectivity index (χ0) is 20.8. The molecule has 0 spiro atoms. The lowest BCUT2D eigenvalue weighted by atomic mass is 10.1. The van der Waals surface area contributed by atoms with E-state index in [4.69, 9.17) is 5.14 Å². The Morgan fingerprint density at radius 2 is 2.00 bits per heavy atom. The van der Waals surface area contributed by atoms with Gasteiger partial charge in [-0.15, -0.1) is 0 Å². The normalized spacial score (nSPS) is 16.2. The van der Waals surface area contributed by atoms with Crippen molar-refractivity contribution in [2.45, 2.75) is 36.2 Å². The first-order valence-corrected chi connectivity index (χ1v) is 11.7. The fraction of sp³-hybridized carbons (Fsp3) is 0.238. The molecule has 1 aliphatic heterocycles. The van der Waals surface area contributed by atoms with Gasteiger partial charge in [0.1, 0.15) is 0 Å². The number of rotatable bonds is 4. The number of sulfonamides is 1. The van der Waals surface area contributed by atoms with Gasteiger partial charge in [0, 0.05) is 17.1 Å². The van der Waals surface area contributed by atoms with Crippen LogP contribution >= 0.6 is 11.8 Å². The van der Waals surface area contributed by atoms with Crippen molar-refractivity contribution >= 4 is 44.3 Å². The summed E-state index contributed by atoms with van der Waals surface area (Å²) < 4.78 is 23.2. The Morgan fingerprint density at radius 3 is 2.76 bits per heavy atom. The van der Waals surface area contributed by atoms with E-state index in [9.17, 15) is 13.2 Å². The van der Waals surface area contributed by atoms with E-state index in [0.717, 1.165) is 32.7 Å². The molecule has 2 aromatic carbocycles. The van der Waals surface area contributed by atoms with Crippen molar-refractivity contribution in [2.75, 3.05) is 10.7 Å². The molecular weight excluding hydrogens is 406 g/mol. The molecule has 2 N–H and O–H groups in total. The van der Waals surface area contributed by atoms with Crippen LogP contribution in [0.1, 0.15) is 18.1 Å². The standard InChI is InChI=1S/C21H21N3O3S2/c1-13-9-20(23-18-6-4-3-5-17(13)18)28-12-21(25)24-14(2)10-15-11-16(29(22,26)27)7-8-19(15)24/h3-9,11,14H,10,12H2,1-2H3,(H2,22,26,27)/t14-/m0/s1. The minimum Gasteiger partial charge on any atom is -0.308 e. The number of amides is 1. The number of carbonyl (C=O) groups excluding carboxylic acids is 1. The van der Waals surface area contributed by atoms with Crippen molar-refractivity contribution in [3.63, 3.8) is 0 Å². The molecule has 1 aliphatic rings. The van der Waals surface area contributed by atoms with Gasteiger partial charge in [-0.1, -0.05) is 30.0 Å². The molecule has 0 saturated carbocycles. The third-order valence-electron chi connectivity index (χ3n) is 5.11. The van der Waals surface area contributed by atoms with Crippen LogP contribution in [0.15, 0.2) is 58.5 Å². The maximum atomic E-state index is 13.0. The number of para-hydroxylation sites is 1. The lowest BCUT2D eigenvalue weighted by Gasteiger charge is -2.22. The summed E-state index contributed by atoms with van der Waals surface area (Å²) >= 11 is 1.41. The number of hydrogen-bond acceptors (Lipinski definition) is 5. The molecule has 1 amide bonds. The maximum absolute atomic E-state index is 13.0. The Morgan fingerprint density at radius 1 is 1.24 bits per heavy atom. The quantitative estimate of drug-likeness (QED) is 0.645. The zero-order valence-electron chi connectivity index (χ0n) is 16.1. The molecule has 6 nitrogen and oxygen atoms in total. The Balaban J connectivity index is 1.54. The molecule has 3 aromatic rings. The van der Waals surface area contributed by atoms with Crippen molar-refractivity contribution in [3.05, 3.63) is 59.7 Å². The second kappa shape index (κ2) is 7.44. The summed E-state index contributed by atoms with van der Waals surface area (Å²) in [5.74, 6) is 0.225. The minimum absolute atomic E-state index is 0.0304. The van der Waals surface area contributed by atoms with Crippen LogP contribution in [0.4, 0.5) is 5.69 Å². The summed E-state index contributed by atoms with van der Waals surface area (Å²) in [6, 6.07) is 14.6. The summed E-state index contributed by atoms with van der Waals surface area (Å²) in [5, 5.41) is 7.14. The number of thioether (sulfide) groups is 1. The van der Waals surface area contributed by atoms with E-state index in [1.165, 1.54) is 17.8 Å². The number of aromatic nitrogens is 1. The molecule has 0 fully saturated rings. The first kappa shape index (κ1) is 19.9. The maximum Gasteiger partial charge on any atom is 0.238 e. The molecule has 0 radical (unpaired) electrons. The van der Waals surface area contributed by atoms with Crippen LogP contribution in [0.25, 0.3) is 10.9 Å². The molecule has 29 heavy (non-hydrogen) atoms. The van der Waals surface area contributed by atoms with Gasteiger partial charge in [-0.25, -0.2) is 18.5 Å². The molecule has 0 saturated heterocycles. The summed E-state index contributed by atoms with van der Waals surface area (Å²) in [5.41, 5.74) is 3.61. The number of pyridine rings is 1. The zero-order valence-corrected chi connectivity index (χ0v) is 17.8. The predicted molar refractivity (Wildman–Crippen MR) is 116 cm³/mol. The molecule has 0 bridgehead atoms. The van der Waals surface area contributed by atoms with Crippen LogP contribution in [-0.2, 0) is 21.2 Å². The van der Waals surface area contributed by atoms with Gasteiger partial charge >= 0.3 is 0 Å². The van der Waals surface area contributed by atoms with Crippen LogP contribution in [0.5, 0.6) is 0 Å². The Labute approximate surface area is 174 Å². The van der Waals surface area contributed by atoms with Gasteiger partial charge in [-0.05, 0) is 61.7 Å². The monoisotopic (exact) mass is 427 g/mol. The van der Waals surface area contributed by atoms with Crippen molar-refractivity contribution in [1.29, 1.82) is 0 Å². The number of fused-ring (bicyclic) bond motifs is 2. The fourth-order valence-corrected chi connectivity index (χ4v) is 5.16. The molecule has 1 atom stereocenters. The van der Waals surface area contributed by atoms with Crippen LogP contribution in [0.3, 0.4) is 0 Å². The molecule has 2 heterocycles. The lowest BCUT2D eigenvalue weighted by Crippen LogP contribution is -2.37. The van der Waals surface area contributed by atoms with Crippen LogP contribution in [-0.4, -0.2) is 31.1 Å². The van der Waals surface area contributed by atoms with Gasteiger partial charge in [-0.2, -0.15) is 0 Å². The highest BCUT2D eigenvalue weighted by atomic mass is 32.2. The summed E-state index contributed by atoms with van der Waals surface area (Å²) in [6.07, 6.45) is 0.600. The van der Waals surface area contributed by atoms with Gasteiger partial charge in [0.25, 0.3) is 0 Å². The van der Waals surface area contributed by atoms with Crippen LogP contribution < -0.4 is 10.0 Å². The number of nitrogens with two attached hydrogens (primary N) is 1. The highest BCUT2D eigenvalue weighted by Gasteiger charge is 2.31. The van der Waals surface area contributed by atoms with Crippen molar-refractivity contribution in [3.8, 4) is 0 Å². The van der Waals surface area contributed by atoms with Crippen LogP contribution in [0, 0.1) is 6.92 Å². The summed E-state index contributed by atoms with van der Waals surface area (Å²) in [7, 11) is -3.76. The van der Waals surface area contributed by atoms with E-state index in [0.29, 0.717) is 6.42 Å². The van der Waals surface area contributed by atoms with Gasteiger partial charge in [0.05, 0.1) is 21.2 Å². The molecule has 0 aliphatic carbocycles. The topological polar surface area (TPSA) is 93.4 Å². The molecular formula is C21H21N3O3S2. The Kier molecular flexibility index (Phi) is 5.10. The van der Waals surface area contributed by atoms with Crippen molar-refractivity contribution in [1.82, 2.24) is 4.98 Å². The van der Waals surface area contributed by atoms with Crippen LogP contribution in [0.2, 0.25) is 0 Å². The third-order valence-corrected chi connectivity index (χ3v) is 6.91. The fourth-order valence-electron chi connectivity index (χ4n) is 3.76. The van der Waals surface area contributed by atoms with E-state index in [2.05, 4.69) is 4.98 Å². The number of nitrogens with zero attached hydrogens (tertiary/aromatic N) is 2. The van der Waals surface area contributed by atoms with Crippen molar-refractivity contribution < 1.29 is 13.2 Å². The van der Waals surface area contributed by atoms with E-state index < -0.39 is 10.0 Å². The molecule has 8 heteroatoms. The molecule has 0 unspecified atom stereocenters. The number of benzene rings is 2. The first-order chi connectivity index (χ1) is 13.7. The highest BCUT2D eigenvalue weighted by molar-refractivity contribution is 7.99. The number of aryl methyl sites for hydroxylation is 1. The Bertz CT molecular complexity index is 1230. The number of hydrogen-bond donors (Lipinski definition) is 1. The average molecular weight is 428 g/mol. The molecule has 150 valence electrons. The average Bonchev–Trinajstić information content (AvgIpc) is 3.00. The number of primary sulfonamides is 1. The van der Waals surface area contributed by atoms with Crippen molar-refractivity contribution in [2.24, 2.45) is 5.14 Å². The summed E-state index contributed by atoms with van der Waals surface area (Å²) in [4.78, 5) is 19.4. The number of anilines is 1. The van der Waals surface area contributed by atoms with E-state index in [-0.39, 0.29) is 22.6 Å². The first-order valence-electron chi connectivity index (χ1n) is 9.21. The van der Waals surface area contributed by atoms with Gasteiger partial charge in [-0.3, -0.25) is 4.79 Å². The minimum atomic E-state index is -3.76. The molecule has 1 aromatic heterocycles. The Hall–Kier alpha value is -2.42. The molecule has 4 rings (SSSR count). The second-order valence-corrected chi connectivity index (χ2v) is 9.79. The SMILES string of the molecule is Cc1cc(SCC(=O)N2c3ccc(S(N)(=O)=O)cc3C[C@@H]2C)nc2ccccc12. The lowest BCUT2D eigenvalue weighted by molar-refractivity contribution is -0.116. The third kappa shape index (κ3) is 3.88. The van der Waals surface area contributed by atoms with E-state index in [1.807, 2.05) is 44.2 Å². The largest absolute Gasteiger partial charge is 0.308 e. The smallest absolute Gasteiger partial charge is 0.238 e. The second-order valence-electron chi connectivity index (χ2n) is 7.24. The highest BCUT2D eigenvalue weighted by Crippen LogP contribution is 2.34. The van der Waals surface area contributed by atoms with E-state index in [1.54, 1.807) is 17.0 Å².